The van der Waals surface area contributed by atoms with Crippen LogP contribution < -0.4 is 11.5 Å². The molecule has 1 unspecified atom stereocenters. The minimum atomic E-state index is -0.927. The maximum atomic E-state index is 6.19. The van der Waals surface area contributed by atoms with Crippen molar-refractivity contribution in [1.82, 2.24) is 0 Å². The molecular weight excluding hydrogens is 252 g/mol. The fourth-order valence-electron chi connectivity index (χ4n) is 2.48. The topological polar surface area (TPSA) is 70.5 Å². The lowest BCUT2D eigenvalue weighted by atomic mass is 9.87. The van der Waals surface area contributed by atoms with Crippen molar-refractivity contribution >= 4 is 11.3 Å². The number of anilines is 1. The summed E-state index contributed by atoms with van der Waals surface area (Å²) in [5.74, 6) is -0.927. The van der Waals surface area contributed by atoms with Crippen LogP contribution in [0.15, 0.2) is 35.9 Å². The zero-order valence-electron chi connectivity index (χ0n) is 12.4. The smallest absolute Gasteiger partial charge is 0.207 e. The lowest BCUT2D eigenvalue weighted by Gasteiger charge is -2.37. The number of ether oxygens (including phenoxy) is 2. The molecule has 2 rings (SSSR count). The quantitative estimate of drug-likeness (QED) is 0.655. The van der Waals surface area contributed by atoms with Crippen molar-refractivity contribution in [2.24, 2.45) is 5.73 Å². The first-order valence-corrected chi connectivity index (χ1v) is 6.57. The third-order valence-electron chi connectivity index (χ3n) is 3.91. The van der Waals surface area contributed by atoms with E-state index in [4.69, 9.17) is 20.9 Å². The van der Waals surface area contributed by atoms with Gasteiger partial charge in [-0.15, -0.1) is 0 Å². The molecule has 0 bridgehead atoms. The van der Waals surface area contributed by atoms with Gasteiger partial charge in [0.05, 0.1) is 6.04 Å². The molecule has 108 valence electrons. The van der Waals surface area contributed by atoms with Gasteiger partial charge in [0.25, 0.3) is 0 Å². The van der Waals surface area contributed by atoms with Crippen LogP contribution in [0.2, 0.25) is 0 Å². The van der Waals surface area contributed by atoms with E-state index in [0.717, 1.165) is 28.0 Å². The predicted molar refractivity (Wildman–Crippen MR) is 82.0 cm³/mol. The van der Waals surface area contributed by atoms with Gasteiger partial charge in [-0.2, -0.15) is 0 Å². The highest BCUT2D eigenvalue weighted by Gasteiger charge is 2.39. The lowest BCUT2D eigenvalue weighted by Crippen LogP contribution is -2.51. The van der Waals surface area contributed by atoms with E-state index < -0.39 is 5.79 Å². The second-order valence-electron chi connectivity index (χ2n) is 5.17. The number of nitrogens with two attached hydrogens (primary N) is 2. The van der Waals surface area contributed by atoms with E-state index in [0.29, 0.717) is 0 Å². The molecule has 0 amide bonds. The van der Waals surface area contributed by atoms with Gasteiger partial charge in [-0.1, -0.05) is 17.7 Å². The van der Waals surface area contributed by atoms with Crippen LogP contribution in [0, 0.1) is 6.92 Å². The van der Waals surface area contributed by atoms with Crippen LogP contribution in [0.3, 0.4) is 0 Å². The Morgan fingerprint density at radius 3 is 2.35 bits per heavy atom. The number of benzene rings is 1. The maximum Gasteiger partial charge on any atom is 0.207 e. The molecule has 0 radical (unpaired) electrons. The Bertz CT molecular complexity index is 572. The Balaban J connectivity index is 2.52. The van der Waals surface area contributed by atoms with Gasteiger partial charge < -0.3 is 20.9 Å². The van der Waals surface area contributed by atoms with Gasteiger partial charge in [0, 0.05) is 19.9 Å². The first-order chi connectivity index (χ1) is 9.43. The summed E-state index contributed by atoms with van der Waals surface area (Å²) < 4.78 is 11.1. The summed E-state index contributed by atoms with van der Waals surface area (Å²) in [4.78, 5) is 0. The zero-order valence-corrected chi connectivity index (χ0v) is 12.4. The number of methoxy groups -OCH3 is 2. The molecule has 0 heterocycles. The van der Waals surface area contributed by atoms with Crippen LogP contribution in [0.5, 0.6) is 0 Å². The third kappa shape index (κ3) is 2.38. The van der Waals surface area contributed by atoms with E-state index in [1.54, 1.807) is 14.2 Å². The zero-order chi connectivity index (χ0) is 14.9. The van der Waals surface area contributed by atoms with Crippen molar-refractivity contribution in [2.45, 2.75) is 25.7 Å². The molecule has 4 N–H and O–H groups in total. The van der Waals surface area contributed by atoms with Crippen LogP contribution in [-0.2, 0) is 9.47 Å². The second-order valence-corrected chi connectivity index (χ2v) is 5.17. The van der Waals surface area contributed by atoms with Crippen molar-refractivity contribution in [2.75, 3.05) is 20.0 Å². The fraction of sp³-hybridized carbons (Fsp3) is 0.375. The molecule has 4 nitrogen and oxygen atoms in total. The molecule has 0 aliphatic heterocycles. The van der Waals surface area contributed by atoms with Gasteiger partial charge in [0.2, 0.25) is 5.79 Å². The van der Waals surface area contributed by atoms with Crippen molar-refractivity contribution in [1.29, 1.82) is 0 Å². The van der Waals surface area contributed by atoms with Crippen molar-refractivity contribution in [3.05, 3.63) is 47.1 Å². The highest BCUT2D eigenvalue weighted by atomic mass is 16.7. The van der Waals surface area contributed by atoms with Gasteiger partial charge in [-0.3, -0.25) is 0 Å². The number of hydrogen-bond donors (Lipinski definition) is 2. The number of allylic oxidation sites excluding steroid dienone is 2. The van der Waals surface area contributed by atoms with Crippen molar-refractivity contribution < 1.29 is 9.47 Å². The Morgan fingerprint density at radius 2 is 1.80 bits per heavy atom. The van der Waals surface area contributed by atoms with E-state index in [9.17, 15) is 0 Å². The minimum Gasteiger partial charge on any atom is -0.399 e. The fourth-order valence-corrected chi connectivity index (χ4v) is 2.48. The average Bonchev–Trinajstić information content (AvgIpc) is 2.45. The number of aryl methyl sites for hydroxylation is 1. The van der Waals surface area contributed by atoms with Gasteiger partial charge in [-0.25, -0.2) is 0 Å². The standard InChI is InChI=1S/C16H22N2O2/c1-10-7-12(5-6-14(10)17)13-8-11(2)15(18)16(9-13,19-3)20-4/h5-9,15H,17-18H2,1-4H3. The summed E-state index contributed by atoms with van der Waals surface area (Å²) in [6.07, 6.45) is 3.99. The largest absolute Gasteiger partial charge is 0.399 e. The minimum absolute atomic E-state index is 0.323. The summed E-state index contributed by atoms with van der Waals surface area (Å²) in [6.45, 7) is 3.97. The monoisotopic (exact) mass is 274 g/mol. The Hall–Kier alpha value is -1.62. The molecule has 1 atom stereocenters. The molecule has 1 aromatic carbocycles. The van der Waals surface area contributed by atoms with E-state index in [1.807, 2.05) is 32.1 Å². The summed E-state index contributed by atoms with van der Waals surface area (Å²) in [6, 6.07) is 5.63. The summed E-state index contributed by atoms with van der Waals surface area (Å²) in [5, 5.41) is 0. The molecule has 1 aliphatic carbocycles. The summed E-state index contributed by atoms with van der Waals surface area (Å²) in [5.41, 5.74) is 17.0. The number of nitrogen functional groups attached to an aromatic ring is 1. The predicted octanol–water partition coefficient (Wildman–Crippen LogP) is 2.24. The SMILES string of the molecule is COC1(OC)C=C(c2ccc(N)c(C)c2)C=C(C)C1N. The Morgan fingerprint density at radius 1 is 1.15 bits per heavy atom. The first kappa shape index (κ1) is 14.8. The first-order valence-electron chi connectivity index (χ1n) is 6.57. The highest BCUT2D eigenvalue weighted by molar-refractivity contribution is 5.78. The molecule has 0 fully saturated rings. The van der Waals surface area contributed by atoms with Crippen LogP contribution in [0.4, 0.5) is 5.69 Å². The van der Waals surface area contributed by atoms with E-state index in [1.165, 1.54) is 0 Å². The average molecular weight is 274 g/mol. The van der Waals surface area contributed by atoms with Crippen LogP contribution in [0.25, 0.3) is 5.57 Å². The van der Waals surface area contributed by atoms with Crippen molar-refractivity contribution in [3.8, 4) is 0 Å². The normalized spacial score (nSPS) is 21.4. The van der Waals surface area contributed by atoms with Gasteiger partial charge in [-0.05, 0) is 48.8 Å². The van der Waals surface area contributed by atoms with Gasteiger partial charge in [0.1, 0.15) is 0 Å². The summed E-state index contributed by atoms with van der Waals surface area (Å²) >= 11 is 0. The molecule has 0 saturated heterocycles. The number of hydrogen-bond acceptors (Lipinski definition) is 4. The Kier molecular flexibility index (Phi) is 3.99. The van der Waals surface area contributed by atoms with Gasteiger partial charge in [0.15, 0.2) is 0 Å². The van der Waals surface area contributed by atoms with Crippen LogP contribution >= 0.6 is 0 Å². The molecule has 4 heteroatoms. The van der Waals surface area contributed by atoms with Gasteiger partial charge >= 0.3 is 0 Å². The third-order valence-corrected chi connectivity index (χ3v) is 3.91. The van der Waals surface area contributed by atoms with E-state index in [2.05, 4.69) is 12.1 Å². The molecule has 0 spiro atoms. The van der Waals surface area contributed by atoms with E-state index in [-0.39, 0.29) is 6.04 Å². The maximum absolute atomic E-state index is 6.19. The molecule has 1 aromatic rings. The van der Waals surface area contributed by atoms with Crippen LogP contribution in [-0.4, -0.2) is 26.0 Å². The molecule has 0 saturated carbocycles. The van der Waals surface area contributed by atoms with Crippen LogP contribution in [0.1, 0.15) is 18.1 Å². The van der Waals surface area contributed by atoms with Crippen molar-refractivity contribution in [3.63, 3.8) is 0 Å². The van der Waals surface area contributed by atoms with E-state index >= 15 is 0 Å². The molecule has 20 heavy (non-hydrogen) atoms. The highest BCUT2D eigenvalue weighted by Crippen LogP contribution is 2.34. The molecule has 0 aromatic heterocycles. The summed E-state index contributed by atoms with van der Waals surface area (Å²) in [7, 11) is 3.20. The second kappa shape index (κ2) is 5.40. The number of rotatable bonds is 3. The molecule has 1 aliphatic rings. The lowest BCUT2D eigenvalue weighted by molar-refractivity contribution is -0.177. The Labute approximate surface area is 120 Å². The molecular formula is C16H22N2O2.